The zero-order chi connectivity index (χ0) is 13.7. The van der Waals surface area contributed by atoms with E-state index in [1.807, 2.05) is 19.9 Å². The van der Waals surface area contributed by atoms with Crippen molar-refractivity contribution >= 4 is 17.7 Å². The molecule has 1 saturated heterocycles. The molecule has 1 amide bonds. The Labute approximate surface area is 117 Å². The molecule has 0 aromatic carbocycles. The smallest absolute Gasteiger partial charge is 0.230 e. The molecule has 0 radical (unpaired) electrons. The molecular formula is C13H19N3O2S. The average Bonchev–Trinajstić information content (AvgIpc) is 2.86. The Bertz CT molecular complexity index is 427. The number of hydrogen-bond donors (Lipinski definition) is 1. The van der Waals surface area contributed by atoms with Crippen molar-refractivity contribution in [3.05, 3.63) is 17.5 Å². The van der Waals surface area contributed by atoms with Crippen LogP contribution in [0.25, 0.3) is 0 Å². The van der Waals surface area contributed by atoms with Crippen LogP contribution in [0.3, 0.4) is 0 Å². The van der Waals surface area contributed by atoms with Crippen molar-refractivity contribution in [2.45, 2.75) is 37.9 Å². The minimum absolute atomic E-state index is 0.00302. The lowest BCUT2D eigenvalue weighted by atomic mass is 10.2. The molecular weight excluding hydrogens is 262 g/mol. The number of thioether (sulfide) groups is 1. The molecule has 0 aliphatic carbocycles. The summed E-state index contributed by atoms with van der Waals surface area (Å²) in [6.45, 7) is 5.27. The molecule has 2 rings (SSSR count). The summed E-state index contributed by atoms with van der Waals surface area (Å²) in [4.78, 5) is 20.3. The lowest BCUT2D eigenvalue weighted by molar-refractivity contribution is -0.119. The van der Waals surface area contributed by atoms with Crippen LogP contribution in [0, 0.1) is 13.8 Å². The number of hydrogen-bond acceptors (Lipinski definition) is 5. The predicted molar refractivity (Wildman–Crippen MR) is 74.2 cm³/mol. The first kappa shape index (κ1) is 14.3. The van der Waals surface area contributed by atoms with Gasteiger partial charge in [0.05, 0.1) is 11.9 Å². The molecule has 5 nitrogen and oxygen atoms in total. The number of ether oxygens (including phenoxy) is 1. The van der Waals surface area contributed by atoms with E-state index in [2.05, 4.69) is 15.3 Å². The van der Waals surface area contributed by atoms with Gasteiger partial charge in [0.1, 0.15) is 0 Å². The summed E-state index contributed by atoms with van der Waals surface area (Å²) in [7, 11) is 0. The predicted octanol–water partition coefficient (Wildman–Crippen LogP) is 1.48. The number of rotatable bonds is 5. The number of carbonyl (C=O) groups excluding carboxylic acids is 1. The van der Waals surface area contributed by atoms with Gasteiger partial charge in [-0.15, -0.1) is 0 Å². The van der Waals surface area contributed by atoms with Crippen molar-refractivity contribution in [2.75, 3.05) is 18.9 Å². The Hall–Kier alpha value is -1.14. The van der Waals surface area contributed by atoms with Crippen LogP contribution in [0.2, 0.25) is 0 Å². The highest BCUT2D eigenvalue weighted by atomic mass is 32.2. The minimum Gasteiger partial charge on any atom is -0.376 e. The second-order valence-electron chi connectivity index (χ2n) is 4.66. The van der Waals surface area contributed by atoms with Gasteiger partial charge < -0.3 is 10.1 Å². The summed E-state index contributed by atoms with van der Waals surface area (Å²) in [6.07, 6.45) is 2.31. The third-order valence-electron chi connectivity index (χ3n) is 2.85. The van der Waals surface area contributed by atoms with Crippen LogP contribution in [0.5, 0.6) is 0 Å². The Morgan fingerprint density at radius 3 is 2.84 bits per heavy atom. The van der Waals surface area contributed by atoms with E-state index in [1.54, 1.807) is 0 Å². The van der Waals surface area contributed by atoms with E-state index in [1.165, 1.54) is 11.8 Å². The molecule has 0 saturated carbocycles. The molecule has 1 atom stereocenters. The summed E-state index contributed by atoms with van der Waals surface area (Å²) in [5, 5.41) is 3.54. The van der Waals surface area contributed by atoms with Crippen LogP contribution < -0.4 is 5.32 Å². The van der Waals surface area contributed by atoms with Crippen LogP contribution in [0.15, 0.2) is 11.2 Å². The van der Waals surface area contributed by atoms with Crippen LogP contribution >= 0.6 is 11.8 Å². The van der Waals surface area contributed by atoms with Crippen LogP contribution in [0.1, 0.15) is 24.2 Å². The summed E-state index contributed by atoms with van der Waals surface area (Å²) < 4.78 is 5.45. The monoisotopic (exact) mass is 281 g/mol. The van der Waals surface area contributed by atoms with Crippen molar-refractivity contribution in [3.63, 3.8) is 0 Å². The van der Waals surface area contributed by atoms with E-state index < -0.39 is 0 Å². The fraction of sp³-hybridized carbons (Fsp3) is 0.615. The standard InChI is InChI=1S/C13H19N3O2S/c1-9-6-10(2)16-13(15-9)19-8-12(17)14-7-11-4-3-5-18-11/h6,11H,3-5,7-8H2,1-2H3,(H,14,17)/t11-/m1/s1. The fourth-order valence-electron chi connectivity index (χ4n) is 1.97. The van der Waals surface area contributed by atoms with Crippen molar-refractivity contribution < 1.29 is 9.53 Å². The van der Waals surface area contributed by atoms with Gasteiger partial charge in [0.15, 0.2) is 5.16 Å². The maximum absolute atomic E-state index is 11.7. The summed E-state index contributed by atoms with van der Waals surface area (Å²) in [5.41, 5.74) is 1.85. The highest BCUT2D eigenvalue weighted by Crippen LogP contribution is 2.14. The van der Waals surface area contributed by atoms with E-state index >= 15 is 0 Å². The normalized spacial score (nSPS) is 18.5. The first-order valence-electron chi connectivity index (χ1n) is 6.47. The van der Waals surface area contributed by atoms with Gasteiger partial charge in [-0.25, -0.2) is 9.97 Å². The quantitative estimate of drug-likeness (QED) is 0.654. The molecule has 1 aromatic heterocycles. The zero-order valence-corrected chi connectivity index (χ0v) is 12.1. The van der Waals surface area contributed by atoms with Crippen molar-refractivity contribution in [2.24, 2.45) is 0 Å². The van der Waals surface area contributed by atoms with Gasteiger partial charge in [0.25, 0.3) is 0 Å². The summed E-state index contributed by atoms with van der Waals surface area (Å²) in [5.74, 6) is 0.346. The molecule has 1 aromatic rings. The van der Waals surface area contributed by atoms with E-state index in [0.717, 1.165) is 30.8 Å². The molecule has 2 heterocycles. The van der Waals surface area contributed by atoms with Crippen LogP contribution in [0.4, 0.5) is 0 Å². The fourth-order valence-corrected chi connectivity index (χ4v) is 2.75. The SMILES string of the molecule is Cc1cc(C)nc(SCC(=O)NC[C@H]2CCCO2)n1. The molecule has 1 fully saturated rings. The molecule has 0 unspecified atom stereocenters. The molecule has 6 heteroatoms. The number of nitrogens with one attached hydrogen (secondary N) is 1. The van der Waals surface area contributed by atoms with Gasteiger partial charge in [-0.05, 0) is 32.8 Å². The van der Waals surface area contributed by atoms with Gasteiger partial charge in [-0.3, -0.25) is 4.79 Å². The lowest BCUT2D eigenvalue weighted by Crippen LogP contribution is -2.32. The van der Waals surface area contributed by atoms with E-state index in [9.17, 15) is 4.79 Å². The average molecular weight is 281 g/mol. The number of amides is 1. The molecule has 0 bridgehead atoms. The first-order valence-corrected chi connectivity index (χ1v) is 7.45. The Morgan fingerprint density at radius 1 is 1.47 bits per heavy atom. The highest BCUT2D eigenvalue weighted by molar-refractivity contribution is 7.99. The molecule has 104 valence electrons. The van der Waals surface area contributed by atoms with E-state index in [0.29, 0.717) is 17.5 Å². The molecule has 1 N–H and O–H groups in total. The summed E-state index contributed by atoms with van der Waals surface area (Å²) >= 11 is 1.36. The zero-order valence-electron chi connectivity index (χ0n) is 11.3. The largest absolute Gasteiger partial charge is 0.376 e. The molecule has 1 aliphatic rings. The highest BCUT2D eigenvalue weighted by Gasteiger charge is 2.16. The third-order valence-corrected chi connectivity index (χ3v) is 3.69. The van der Waals surface area contributed by atoms with Gasteiger partial charge in [0, 0.05) is 24.5 Å². The van der Waals surface area contributed by atoms with E-state index in [-0.39, 0.29) is 12.0 Å². The second-order valence-corrected chi connectivity index (χ2v) is 5.60. The molecule has 0 spiro atoms. The topological polar surface area (TPSA) is 64.1 Å². The Balaban J connectivity index is 1.73. The third kappa shape index (κ3) is 4.80. The second kappa shape index (κ2) is 6.86. The Morgan fingerprint density at radius 2 is 2.21 bits per heavy atom. The van der Waals surface area contributed by atoms with Gasteiger partial charge in [-0.1, -0.05) is 11.8 Å². The van der Waals surface area contributed by atoms with Gasteiger partial charge in [-0.2, -0.15) is 0 Å². The number of carbonyl (C=O) groups is 1. The number of aromatic nitrogens is 2. The summed E-state index contributed by atoms with van der Waals surface area (Å²) in [6, 6.07) is 1.92. The molecule has 19 heavy (non-hydrogen) atoms. The first-order chi connectivity index (χ1) is 9.13. The maximum Gasteiger partial charge on any atom is 0.230 e. The van der Waals surface area contributed by atoms with Crippen molar-refractivity contribution in [1.82, 2.24) is 15.3 Å². The minimum atomic E-state index is 0.00302. The number of nitrogens with zero attached hydrogens (tertiary/aromatic N) is 2. The van der Waals surface area contributed by atoms with Crippen molar-refractivity contribution in [3.8, 4) is 0 Å². The molecule has 1 aliphatic heterocycles. The van der Waals surface area contributed by atoms with Gasteiger partial charge >= 0.3 is 0 Å². The maximum atomic E-state index is 11.7. The van der Waals surface area contributed by atoms with Crippen molar-refractivity contribution in [1.29, 1.82) is 0 Å². The van der Waals surface area contributed by atoms with E-state index in [4.69, 9.17) is 4.74 Å². The lowest BCUT2D eigenvalue weighted by Gasteiger charge is -2.10. The van der Waals surface area contributed by atoms with Crippen LogP contribution in [-0.2, 0) is 9.53 Å². The number of aryl methyl sites for hydroxylation is 2. The van der Waals surface area contributed by atoms with Gasteiger partial charge in [0.2, 0.25) is 5.91 Å². The van der Waals surface area contributed by atoms with Crippen LogP contribution in [-0.4, -0.2) is 40.9 Å². The Kier molecular flexibility index (Phi) is 5.15.